The highest BCUT2D eigenvalue weighted by molar-refractivity contribution is 7.21. The van der Waals surface area contributed by atoms with E-state index < -0.39 is 0 Å². The number of nitrogens with zero attached hydrogens (tertiary/aromatic N) is 3. The Bertz CT molecular complexity index is 776. The van der Waals surface area contributed by atoms with E-state index in [1.807, 2.05) is 19.2 Å². The van der Waals surface area contributed by atoms with Crippen LogP contribution in [-0.2, 0) is 13.6 Å². The number of fused-ring (bicyclic) bond motifs is 1. The fourth-order valence-corrected chi connectivity index (χ4v) is 2.97. The van der Waals surface area contributed by atoms with Gasteiger partial charge in [0.05, 0.1) is 22.6 Å². The third kappa shape index (κ3) is 2.12. The van der Waals surface area contributed by atoms with E-state index in [-0.39, 0.29) is 5.91 Å². The van der Waals surface area contributed by atoms with Crippen LogP contribution in [0.15, 0.2) is 30.7 Å². The molecule has 20 heavy (non-hydrogen) atoms. The summed E-state index contributed by atoms with van der Waals surface area (Å²) in [5.74, 6) is -0.176. The number of aromatic nitrogens is 3. The van der Waals surface area contributed by atoms with E-state index >= 15 is 0 Å². The zero-order valence-corrected chi connectivity index (χ0v) is 11.6. The van der Waals surface area contributed by atoms with E-state index in [0.29, 0.717) is 17.1 Å². The molecule has 0 aliphatic heterocycles. The summed E-state index contributed by atoms with van der Waals surface area (Å²) in [6.07, 6.45) is 5.08. The van der Waals surface area contributed by atoms with Crippen LogP contribution >= 0.6 is 11.3 Å². The van der Waals surface area contributed by atoms with Gasteiger partial charge in [-0.1, -0.05) is 0 Å². The SMILES string of the molecule is Cn1nccc1CNC(=O)c1sc2cnccc2c1N. The minimum Gasteiger partial charge on any atom is -0.397 e. The van der Waals surface area contributed by atoms with Crippen molar-refractivity contribution in [1.29, 1.82) is 0 Å². The molecule has 0 fully saturated rings. The number of nitrogens with one attached hydrogen (secondary N) is 1. The van der Waals surface area contributed by atoms with Crippen LogP contribution in [0, 0.1) is 0 Å². The number of rotatable bonds is 3. The topological polar surface area (TPSA) is 85.8 Å². The molecule has 0 bridgehead atoms. The van der Waals surface area contributed by atoms with Crippen molar-refractivity contribution < 1.29 is 4.79 Å². The Morgan fingerprint density at radius 3 is 3.00 bits per heavy atom. The first kappa shape index (κ1) is 12.6. The highest BCUT2D eigenvalue weighted by Gasteiger charge is 2.16. The molecule has 3 rings (SSSR count). The Morgan fingerprint density at radius 2 is 2.30 bits per heavy atom. The van der Waals surface area contributed by atoms with Crippen LogP contribution in [0.1, 0.15) is 15.4 Å². The standard InChI is InChI=1S/C13H13N5OS/c1-18-8(2-5-17-18)6-16-13(19)12-11(14)9-3-4-15-7-10(9)20-12/h2-5,7H,6,14H2,1H3,(H,16,19). The number of nitrogen functional groups attached to an aromatic ring is 1. The molecule has 0 aliphatic carbocycles. The van der Waals surface area contributed by atoms with Gasteiger partial charge in [-0.15, -0.1) is 11.3 Å². The van der Waals surface area contributed by atoms with Gasteiger partial charge in [0, 0.05) is 31.0 Å². The predicted molar refractivity (Wildman–Crippen MR) is 78.4 cm³/mol. The molecule has 0 atom stereocenters. The normalized spacial score (nSPS) is 10.8. The van der Waals surface area contributed by atoms with Gasteiger partial charge in [-0.25, -0.2) is 0 Å². The van der Waals surface area contributed by atoms with E-state index in [4.69, 9.17) is 5.73 Å². The van der Waals surface area contributed by atoms with Crippen molar-refractivity contribution in [2.45, 2.75) is 6.54 Å². The smallest absolute Gasteiger partial charge is 0.263 e. The average molecular weight is 287 g/mol. The Balaban J connectivity index is 1.82. The molecule has 3 aromatic heterocycles. The second kappa shape index (κ2) is 4.93. The molecule has 3 heterocycles. The van der Waals surface area contributed by atoms with Crippen LogP contribution in [-0.4, -0.2) is 20.7 Å². The van der Waals surface area contributed by atoms with Gasteiger partial charge < -0.3 is 11.1 Å². The number of thiophene rings is 1. The zero-order valence-electron chi connectivity index (χ0n) is 10.8. The van der Waals surface area contributed by atoms with E-state index in [2.05, 4.69) is 15.4 Å². The summed E-state index contributed by atoms with van der Waals surface area (Å²) in [5.41, 5.74) is 7.46. The van der Waals surface area contributed by atoms with Gasteiger partial charge in [-0.05, 0) is 12.1 Å². The van der Waals surface area contributed by atoms with Gasteiger partial charge in [0.25, 0.3) is 5.91 Å². The lowest BCUT2D eigenvalue weighted by atomic mass is 10.2. The molecule has 1 amide bonds. The van der Waals surface area contributed by atoms with Crippen molar-refractivity contribution in [3.63, 3.8) is 0 Å². The van der Waals surface area contributed by atoms with Crippen LogP contribution in [0.3, 0.4) is 0 Å². The monoisotopic (exact) mass is 287 g/mol. The first-order valence-corrected chi connectivity index (χ1v) is 6.85. The maximum absolute atomic E-state index is 12.2. The maximum atomic E-state index is 12.2. The number of carbonyl (C=O) groups is 1. The minimum absolute atomic E-state index is 0.176. The molecule has 0 saturated heterocycles. The van der Waals surface area contributed by atoms with Crippen molar-refractivity contribution in [3.05, 3.63) is 41.3 Å². The molecular weight excluding hydrogens is 274 g/mol. The second-order valence-electron chi connectivity index (χ2n) is 4.35. The first-order chi connectivity index (χ1) is 9.66. The number of carbonyl (C=O) groups excluding carboxylic acids is 1. The summed E-state index contributed by atoms with van der Waals surface area (Å²) in [5, 5.41) is 7.78. The summed E-state index contributed by atoms with van der Waals surface area (Å²) < 4.78 is 2.63. The molecule has 0 radical (unpaired) electrons. The van der Waals surface area contributed by atoms with Crippen LogP contribution in [0.4, 0.5) is 5.69 Å². The fraction of sp³-hybridized carbons (Fsp3) is 0.154. The lowest BCUT2D eigenvalue weighted by Crippen LogP contribution is -2.23. The molecule has 7 heteroatoms. The molecular formula is C13H13N5OS. The van der Waals surface area contributed by atoms with Crippen LogP contribution in [0.2, 0.25) is 0 Å². The highest BCUT2D eigenvalue weighted by Crippen LogP contribution is 2.32. The molecule has 3 N–H and O–H groups in total. The minimum atomic E-state index is -0.176. The second-order valence-corrected chi connectivity index (χ2v) is 5.40. The van der Waals surface area contributed by atoms with Crippen LogP contribution < -0.4 is 11.1 Å². The summed E-state index contributed by atoms with van der Waals surface area (Å²) >= 11 is 1.35. The van der Waals surface area contributed by atoms with Gasteiger partial charge >= 0.3 is 0 Å². The average Bonchev–Trinajstić information content (AvgIpc) is 3.01. The van der Waals surface area contributed by atoms with Gasteiger partial charge in [-0.2, -0.15) is 5.10 Å². The van der Waals surface area contributed by atoms with Gasteiger partial charge in [-0.3, -0.25) is 14.5 Å². The Kier molecular flexibility index (Phi) is 3.11. The van der Waals surface area contributed by atoms with Crippen molar-refractivity contribution in [3.8, 4) is 0 Å². The van der Waals surface area contributed by atoms with Crippen molar-refractivity contribution >= 4 is 33.0 Å². The van der Waals surface area contributed by atoms with Crippen LogP contribution in [0.5, 0.6) is 0 Å². The maximum Gasteiger partial charge on any atom is 0.263 e. The Morgan fingerprint density at radius 1 is 1.45 bits per heavy atom. The number of nitrogens with two attached hydrogens (primary N) is 1. The summed E-state index contributed by atoms with van der Waals surface area (Å²) in [4.78, 5) is 16.8. The molecule has 0 aromatic carbocycles. The third-order valence-electron chi connectivity index (χ3n) is 3.09. The lowest BCUT2D eigenvalue weighted by molar-refractivity contribution is 0.0955. The number of hydrogen-bond acceptors (Lipinski definition) is 5. The first-order valence-electron chi connectivity index (χ1n) is 6.04. The van der Waals surface area contributed by atoms with Crippen molar-refractivity contribution in [2.24, 2.45) is 7.05 Å². The van der Waals surface area contributed by atoms with E-state index in [0.717, 1.165) is 15.8 Å². The summed E-state index contributed by atoms with van der Waals surface area (Å²) in [7, 11) is 1.83. The molecule has 3 aromatic rings. The lowest BCUT2D eigenvalue weighted by Gasteiger charge is -2.04. The molecule has 0 unspecified atom stereocenters. The number of aryl methyl sites for hydroxylation is 1. The quantitative estimate of drug-likeness (QED) is 0.765. The molecule has 0 aliphatic rings. The number of pyridine rings is 1. The zero-order chi connectivity index (χ0) is 14.1. The van der Waals surface area contributed by atoms with E-state index in [9.17, 15) is 4.79 Å². The number of hydrogen-bond donors (Lipinski definition) is 2. The van der Waals surface area contributed by atoms with Gasteiger partial charge in [0.15, 0.2) is 0 Å². The predicted octanol–water partition coefficient (Wildman–Crippen LogP) is 1.54. The molecule has 102 valence electrons. The van der Waals surface area contributed by atoms with Crippen molar-refractivity contribution in [2.75, 3.05) is 5.73 Å². The van der Waals surface area contributed by atoms with Crippen LogP contribution in [0.25, 0.3) is 10.1 Å². The molecule has 6 nitrogen and oxygen atoms in total. The van der Waals surface area contributed by atoms with Gasteiger partial charge in [0.1, 0.15) is 4.88 Å². The third-order valence-corrected chi connectivity index (χ3v) is 4.24. The Labute approximate surface area is 119 Å². The van der Waals surface area contributed by atoms with E-state index in [1.54, 1.807) is 23.3 Å². The number of anilines is 1. The number of amides is 1. The van der Waals surface area contributed by atoms with Gasteiger partial charge in [0.2, 0.25) is 0 Å². The summed E-state index contributed by atoms with van der Waals surface area (Å²) in [6.45, 7) is 0.418. The molecule has 0 saturated carbocycles. The molecule has 0 spiro atoms. The summed E-state index contributed by atoms with van der Waals surface area (Å²) in [6, 6.07) is 3.68. The van der Waals surface area contributed by atoms with Crippen molar-refractivity contribution in [1.82, 2.24) is 20.1 Å². The Hall–Kier alpha value is -2.41. The van der Waals surface area contributed by atoms with E-state index in [1.165, 1.54) is 11.3 Å². The highest BCUT2D eigenvalue weighted by atomic mass is 32.1. The fourth-order valence-electron chi connectivity index (χ4n) is 1.97. The largest absolute Gasteiger partial charge is 0.397 e.